The van der Waals surface area contributed by atoms with Crippen LogP contribution < -0.4 is 4.74 Å². The van der Waals surface area contributed by atoms with E-state index < -0.39 is 15.0 Å². The van der Waals surface area contributed by atoms with Gasteiger partial charge in [-0.2, -0.15) is 13.4 Å². The molecule has 0 spiro atoms. The molecule has 2 rings (SSSR count). The molecule has 0 bridgehead atoms. The van der Waals surface area contributed by atoms with E-state index in [1.165, 1.54) is 0 Å². The zero-order chi connectivity index (χ0) is 13.2. The Morgan fingerprint density at radius 1 is 1.22 bits per heavy atom. The number of benzene rings is 1. The highest BCUT2D eigenvalue weighted by molar-refractivity contribution is 7.86. The van der Waals surface area contributed by atoms with Gasteiger partial charge in [-0.25, -0.2) is 4.98 Å². The minimum absolute atomic E-state index is 0.198. The van der Waals surface area contributed by atoms with Gasteiger partial charge in [0.25, 0.3) is 0 Å². The molecule has 0 aliphatic heterocycles. The number of hydrogen-bond acceptors (Lipinski definition) is 5. The van der Waals surface area contributed by atoms with Crippen molar-refractivity contribution in [2.75, 3.05) is 0 Å². The Kier molecular flexibility index (Phi) is 3.26. The molecule has 0 amide bonds. The maximum atomic E-state index is 11.2. The molecule has 1 heterocycles. The molecule has 94 valence electrons. The lowest BCUT2D eigenvalue weighted by Gasteiger charge is -2.08. The van der Waals surface area contributed by atoms with Gasteiger partial charge in [-0.3, -0.25) is 4.55 Å². The van der Waals surface area contributed by atoms with Gasteiger partial charge in [0.05, 0.1) is 6.20 Å². The molecular formula is C11H10N2O4S. The number of aryl methyl sites for hydroxylation is 1. The second-order valence-corrected chi connectivity index (χ2v) is 4.87. The van der Waals surface area contributed by atoms with Crippen LogP contribution in [0.5, 0.6) is 11.6 Å². The maximum absolute atomic E-state index is 11.2. The van der Waals surface area contributed by atoms with Crippen LogP contribution in [0.4, 0.5) is 0 Å². The molecule has 1 N–H and O–H groups in total. The third-order valence-electron chi connectivity index (χ3n) is 2.08. The first-order chi connectivity index (χ1) is 8.47. The number of para-hydroxylation sites is 1. The molecule has 2 aromatic rings. The number of ether oxygens (including phenoxy) is 1. The zero-order valence-electron chi connectivity index (χ0n) is 9.44. The van der Waals surface area contributed by atoms with Crippen LogP contribution in [0.1, 0.15) is 5.82 Å². The van der Waals surface area contributed by atoms with Gasteiger partial charge in [0.2, 0.25) is 5.88 Å². The fourth-order valence-corrected chi connectivity index (χ4v) is 1.78. The summed E-state index contributed by atoms with van der Waals surface area (Å²) in [6.45, 7) is 1.59. The van der Waals surface area contributed by atoms with E-state index in [0.29, 0.717) is 11.6 Å². The van der Waals surface area contributed by atoms with E-state index in [9.17, 15) is 8.42 Å². The van der Waals surface area contributed by atoms with Gasteiger partial charge in [0.15, 0.2) is 4.90 Å². The smallest absolute Gasteiger partial charge is 0.301 e. The lowest BCUT2D eigenvalue weighted by molar-refractivity contribution is 0.431. The van der Waals surface area contributed by atoms with E-state index >= 15 is 0 Å². The maximum Gasteiger partial charge on any atom is 0.301 e. The van der Waals surface area contributed by atoms with Crippen molar-refractivity contribution in [1.82, 2.24) is 9.97 Å². The van der Waals surface area contributed by atoms with Crippen LogP contribution in [-0.4, -0.2) is 22.9 Å². The van der Waals surface area contributed by atoms with Gasteiger partial charge in [0, 0.05) is 0 Å². The van der Waals surface area contributed by atoms with Crippen LogP contribution >= 0.6 is 0 Å². The summed E-state index contributed by atoms with van der Waals surface area (Å²) in [5.74, 6) is 0.560. The molecule has 7 heteroatoms. The van der Waals surface area contributed by atoms with Crippen LogP contribution in [0, 0.1) is 6.92 Å². The summed E-state index contributed by atoms with van der Waals surface area (Å²) in [7, 11) is -4.42. The Morgan fingerprint density at radius 2 is 1.89 bits per heavy atom. The highest BCUT2D eigenvalue weighted by Crippen LogP contribution is 2.25. The molecule has 0 fully saturated rings. The van der Waals surface area contributed by atoms with Crippen LogP contribution in [-0.2, 0) is 10.1 Å². The summed E-state index contributed by atoms with van der Waals surface area (Å²) >= 11 is 0. The molecular weight excluding hydrogens is 256 g/mol. The van der Waals surface area contributed by atoms with Crippen molar-refractivity contribution >= 4 is 10.1 Å². The average molecular weight is 266 g/mol. The van der Waals surface area contributed by atoms with Crippen LogP contribution in [0.2, 0.25) is 0 Å². The van der Waals surface area contributed by atoms with Crippen LogP contribution in [0.15, 0.2) is 41.4 Å². The number of nitrogens with zero attached hydrogens (tertiary/aromatic N) is 2. The minimum Gasteiger partial charge on any atom is -0.437 e. The van der Waals surface area contributed by atoms with Crippen LogP contribution in [0.25, 0.3) is 0 Å². The van der Waals surface area contributed by atoms with Crippen molar-refractivity contribution < 1.29 is 17.7 Å². The first-order valence-corrected chi connectivity index (χ1v) is 6.45. The van der Waals surface area contributed by atoms with Gasteiger partial charge in [-0.1, -0.05) is 18.2 Å². The predicted octanol–water partition coefficient (Wildman–Crippen LogP) is 1.82. The van der Waals surface area contributed by atoms with E-state index in [2.05, 4.69) is 9.97 Å². The molecule has 0 atom stereocenters. The quantitative estimate of drug-likeness (QED) is 0.852. The predicted molar refractivity (Wildman–Crippen MR) is 63.1 cm³/mol. The highest BCUT2D eigenvalue weighted by Gasteiger charge is 2.19. The molecule has 0 unspecified atom stereocenters. The first-order valence-electron chi connectivity index (χ1n) is 5.01. The fraction of sp³-hybridized carbons (Fsp3) is 0.0909. The minimum atomic E-state index is -4.42. The van der Waals surface area contributed by atoms with Gasteiger partial charge in [-0.05, 0) is 19.1 Å². The molecule has 0 aliphatic carbocycles. The Bertz CT molecular complexity index is 656. The second-order valence-electron chi connectivity index (χ2n) is 3.48. The summed E-state index contributed by atoms with van der Waals surface area (Å²) in [6.07, 6.45) is 1.01. The summed E-state index contributed by atoms with van der Waals surface area (Å²) in [6, 6.07) is 8.55. The van der Waals surface area contributed by atoms with Crippen molar-refractivity contribution in [2.45, 2.75) is 11.8 Å². The van der Waals surface area contributed by atoms with Crippen molar-refractivity contribution in [3.05, 3.63) is 42.4 Å². The van der Waals surface area contributed by atoms with Gasteiger partial charge in [0.1, 0.15) is 11.6 Å². The van der Waals surface area contributed by atoms with Crippen molar-refractivity contribution in [2.24, 2.45) is 0 Å². The van der Waals surface area contributed by atoms with Crippen LogP contribution in [0.3, 0.4) is 0 Å². The number of rotatable bonds is 3. The molecule has 1 aromatic carbocycles. The van der Waals surface area contributed by atoms with Crippen molar-refractivity contribution in [1.29, 1.82) is 0 Å². The average Bonchev–Trinajstić information content (AvgIpc) is 2.28. The third-order valence-corrected chi connectivity index (χ3v) is 2.91. The number of hydrogen-bond donors (Lipinski definition) is 1. The fourth-order valence-electron chi connectivity index (χ4n) is 1.29. The second kappa shape index (κ2) is 4.71. The van der Waals surface area contributed by atoms with E-state index in [4.69, 9.17) is 9.29 Å². The largest absolute Gasteiger partial charge is 0.437 e. The standard InChI is InChI=1S/C11H10N2O4S/c1-8-12-7-10(18(14,15)16)11(13-8)17-9-5-3-2-4-6-9/h2-7H,1H3,(H,14,15,16). The summed E-state index contributed by atoms with van der Waals surface area (Å²) in [5.41, 5.74) is 0. The Morgan fingerprint density at radius 3 is 2.50 bits per heavy atom. The summed E-state index contributed by atoms with van der Waals surface area (Å²) in [4.78, 5) is 7.12. The van der Waals surface area contributed by atoms with Gasteiger partial charge in [-0.15, -0.1) is 0 Å². The monoisotopic (exact) mass is 266 g/mol. The normalized spacial score (nSPS) is 11.2. The molecule has 0 aliphatic rings. The molecule has 1 aromatic heterocycles. The topological polar surface area (TPSA) is 89.4 Å². The molecule has 6 nitrogen and oxygen atoms in total. The molecule has 0 saturated carbocycles. The Balaban J connectivity index is 2.47. The highest BCUT2D eigenvalue weighted by atomic mass is 32.2. The zero-order valence-corrected chi connectivity index (χ0v) is 10.3. The molecule has 0 saturated heterocycles. The lowest BCUT2D eigenvalue weighted by Crippen LogP contribution is -2.05. The SMILES string of the molecule is Cc1ncc(S(=O)(=O)O)c(Oc2ccccc2)n1. The third kappa shape index (κ3) is 2.82. The lowest BCUT2D eigenvalue weighted by atomic mass is 10.3. The van der Waals surface area contributed by atoms with Crippen molar-refractivity contribution in [3.8, 4) is 11.6 Å². The van der Waals surface area contributed by atoms with E-state index in [1.54, 1.807) is 37.3 Å². The summed E-state index contributed by atoms with van der Waals surface area (Å²) in [5, 5.41) is 0. The molecule has 18 heavy (non-hydrogen) atoms. The van der Waals surface area contributed by atoms with Crippen molar-refractivity contribution in [3.63, 3.8) is 0 Å². The van der Waals surface area contributed by atoms with E-state index in [1.807, 2.05) is 0 Å². The number of aromatic nitrogens is 2. The Labute approximate surface area is 104 Å². The van der Waals surface area contributed by atoms with Gasteiger partial charge < -0.3 is 4.74 Å². The summed E-state index contributed by atoms with van der Waals surface area (Å²) < 4.78 is 36.7. The van der Waals surface area contributed by atoms with E-state index in [0.717, 1.165) is 6.20 Å². The van der Waals surface area contributed by atoms with E-state index in [-0.39, 0.29) is 5.88 Å². The van der Waals surface area contributed by atoms with Gasteiger partial charge >= 0.3 is 10.1 Å². The first kappa shape index (κ1) is 12.5. The Hall–Kier alpha value is -1.99. The molecule has 0 radical (unpaired) electrons.